The monoisotopic (exact) mass is 318 g/mol. The molecule has 0 saturated heterocycles. The summed E-state index contributed by atoms with van der Waals surface area (Å²) in [4.78, 5) is 12.2. The third-order valence-corrected chi connectivity index (χ3v) is 4.23. The largest absolute Gasteiger partial charge is 0.402 e. The van der Waals surface area contributed by atoms with Crippen LogP contribution in [0, 0.1) is 11.8 Å². The Morgan fingerprint density at radius 3 is 2.57 bits per heavy atom. The van der Waals surface area contributed by atoms with Crippen LogP contribution >= 0.6 is 11.7 Å². The maximum Gasteiger partial charge on any atom is 0.236 e. The number of aromatic nitrogens is 2. The van der Waals surface area contributed by atoms with Crippen molar-refractivity contribution in [2.75, 3.05) is 0 Å². The number of hydrogen-bond donors (Lipinski definition) is 0. The summed E-state index contributed by atoms with van der Waals surface area (Å²) in [5.41, 5.74) is 1.44. The highest BCUT2D eigenvalue weighted by molar-refractivity contribution is 7.00. The van der Waals surface area contributed by atoms with E-state index in [9.17, 15) is 4.79 Å². The van der Waals surface area contributed by atoms with Crippen molar-refractivity contribution in [1.82, 2.24) is 8.75 Å². The smallest absolute Gasteiger partial charge is 0.236 e. The number of nitrogens with zero attached hydrogens (tertiary/aromatic N) is 2. The van der Waals surface area contributed by atoms with Crippen molar-refractivity contribution in [3.05, 3.63) is 23.8 Å². The van der Waals surface area contributed by atoms with Crippen molar-refractivity contribution in [3.8, 4) is 11.8 Å². The summed E-state index contributed by atoms with van der Waals surface area (Å²) in [6.07, 6.45) is 0. The number of carbonyl (C=O) groups is 1. The summed E-state index contributed by atoms with van der Waals surface area (Å²) in [6, 6.07) is 5.24. The van der Waals surface area contributed by atoms with E-state index < -0.39 is 13.9 Å². The fraction of sp³-hybridized carbons (Fsp3) is 0.400. The summed E-state index contributed by atoms with van der Waals surface area (Å²) >= 11 is 1.13. The molecule has 0 unspecified atom stereocenters. The van der Waals surface area contributed by atoms with Gasteiger partial charge in [-0.1, -0.05) is 5.92 Å². The molecule has 110 valence electrons. The molecule has 1 aromatic carbocycles. The van der Waals surface area contributed by atoms with E-state index in [1.54, 1.807) is 18.2 Å². The molecule has 2 aromatic rings. The average molecular weight is 318 g/mol. The lowest BCUT2D eigenvalue weighted by molar-refractivity contribution is 0.105. The molecule has 0 spiro atoms. The van der Waals surface area contributed by atoms with E-state index in [0.717, 1.165) is 22.8 Å². The van der Waals surface area contributed by atoms with Gasteiger partial charge in [0.15, 0.2) is 8.32 Å². The second-order valence-electron chi connectivity index (χ2n) is 6.27. The molecule has 0 aliphatic heterocycles. The number of rotatable bonds is 3. The minimum Gasteiger partial charge on any atom is -0.402 e. The molecular weight excluding hydrogens is 300 g/mol. The molecule has 0 N–H and O–H groups in total. The Hall–Kier alpha value is -1.55. The van der Waals surface area contributed by atoms with Gasteiger partial charge in [-0.15, -0.1) is 0 Å². The van der Waals surface area contributed by atoms with Crippen LogP contribution in [0.25, 0.3) is 11.0 Å². The van der Waals surface area contributed by atoms with E-state index in [2.05, 4.69) is 40.2 Å². The molecule has 4 nitrogen and oxygen atoms in total. The van der Waals surface area contributed by atoms with Crippen molar-refractivity contribution in [1.29, 1.82) is 0 Å². The Balaban J connectivity index is 2.19. The van der Waals surface area contributed by atoms with E-state index in [0.29, 0.717) is 5.56 Å². The fourth-order valence-corrected chi connectivity index (χ4v) is 4.09. The van der Waals surface area contributed by atoms with Gasteiger partial charge in [0.25, 0.3) is 0 Å². The molecule has 0 aliphatic carbocycles. The third-order valence-electron chi connectivity index (χ3n) is 2.55. The minimum absolute atomic E-state index is 0.225. The lowest BCUT2D eigenvalue weighted by Crippen LogP contribution is -2.37. The quantitative estimate of drug-likeness (QED) is 0.376. The maximum atomic E-state index is 12.2. The van der Waals surface area contributed by atoms with Crippen LogP contribution in [0.15, 0.2) is 18.2 Å². The van der Waals surface area contributed by atoms with Crippen molar-refractivity contribution in [2.45, 2.75) is 39.1 Å². The topological polar surface area (TPSA) is 52.1 Å². The number of ketones is 1. The van der Waals surface area contributed by atoms with E-state index in [1.165, 1.54) is 0 Å². The molecule has 0 aliphatic rings. The first-order chi connectivity index (χ1) is 9.66. The predicted octanol–water partition coefficient (Wildman–Crippen LogP) is 3.51. The van der Waals surface area contributed by atoms with Gasteiger partial charge in [0.2, 0.25) is 5.78 Å². The Morgan fingerprint density at radius 2 is 1.90 bits per heavy atom. The number of carbonyl (C=O) groups excluding carboxylic acids is 1. The Labute approximate surface area is 130 Å². The van der Waals surface area contributed by atoms with E-state index in [4.69, 9.17) is 4.43 Å². The van der Waals surface area contributed by atoms with Crippen molar-refractivity contribution >= 4 is 36.9 Å². The van der Waals surface area contributed by atoms with Gasteiger partial charge in [-0.3, -0.25) is 4.79 Å². The summed E-state index contributed by atoms with van der Waals surface area (Å²) in [5.74, 6) is 5.39. The van der Waals surface area contributed by atoms with Crippen LogP contribution in [0.3, 0.4) is 0 Å². The molecule has 6 heteroatoms. The average Bonchev–Trinajstić information content (AvgIpc) is 2.80. The first kappa shape index (κ1) is 15.8. The molecular formula is C15H18N2O2SSi. The molecule has 0 amide bonds. The van der Waals surface area contributed by atoms with Gasteiger partial charge in [-0.2, -0.15) is 8.75 Å². The predicted molar refractivity (Wildman–Crippen MR) is 88.0 cm³/mol. The number of fused-ring (bicyclic) bond motifs is 1. The van der Waals surface area contributed by atoms with Crippen molar-refractivity contribution in [2.24, 2.45) is 0 Å². The van der Waals surface area contributed by atoms with E-state index in [1.807, 2.05) is 13.8 Å². The van der Waals surface area contributed by atoms with Crippen LogP contribution < -0.4 is 0 Å². The minimum atomic E-state index is -1.70. The second-order valence-corrected chi connectivity index (χ2v) is 11.2. The molecule has 0 atom stereocenters. The Kier molecular flexibility index (Phi) is 4.28. The van der Waals surface area contributed by atoms with Gasteiger partial charge < -0.3 is 4.43 Å². The highest BCUT2D eigenvalue weighted by atomic mass is 32.1. The first-order valence-corrected chi connectivity index (χ1v) is 10.8. The van der Waals surface area contributed by atoms with E-state index >= 15 is 0 Å². The number of Topliss-reactive ketones (excluding diaryl/α,β-unsaturated/α-hetero) is 1. The van der Waals surface area contributed by atoms with Gasteiger partial charge >= 0.3 is 0 Å². The summed E-state index contributed by atoms with van der Waals surface area (Å²) in [6.45, 7) is 10.1. The Bertz CT molecular complexity index is 735. The second kappa shape index (κ2) is 5.68. The van der Waals surface area contributed by atoms with Gasteiger partial charge in [0.05, 0.1) is 11.7 Å². The molecule has 21 heavy (non-hydrogen) atoms. The van der Waals surface area contributed by atoms with Gasteiger partial charge in [0.1, 0.15) is 16.6 Å². The molecule has 0 bridgehead atoms. The number of hydrogen-bond acceptors (Lipinski definition) is 5. The molecule has 0 saturated carbocycles. The highest BCUT2D eigenvalue weighted by Gasteiger charge is 2.25. The zero-order valence-electron chi connectivity index (χ0n) is 12.9. The van der Waals surface area contributed by atoms with Gasteiger partial charge in [0, 0.05) is 5.56 Å². The van der Waals surface area contributed by atoms with Crippen LogP contribution in [0.1, 0.15) is 24.2 Å². The standard InChI is InChI=1S/C15H18N2O2SSi/c1-15(2,19-21(3,4)5)9-8-14(18)11-6-7-12-13(10-11)17-20-16-12/h6-7,10H,1-5H3. The normalized spacial score (nSPS) is 12.0. The molecule has 0 fully saturated rings. The van der Waals surface area contributed by atoms with E-state index in [-0.39, 0.29) is 5.78 Å². The van der Waals surface area contributed by atoms with Crippen LogP contribution in [0.2, 0.25) is 19.6 Å². The van der Waals surface area contributed by atoms with Crippen LogP contribution in [-0.4, -0.2) is 28.4 Å². The van der Waals surface area contributed by atoms with Crippen molar-refractivity contribution in [3.63, 3.8) is 0 Å². The first-order valence-electron chi connectivity index (χ1n) is 6.66. The lowest BCUT2D eigenvalue weighted by Gasteiger charge is -2.28. The summed E-state index contributed by atoms with van der Waals surface area (Å²) in [5, 5.41) is 0. The van der Waals surface area contributed by atoms with Crippen molar-refractivity contribution < 1.29 is 9.22 Å². The fourth-order valence-electron chi connectivity index (χ4n) is 1.99. The zero-order chi connectivity index (χ0) is 15.7. The SMILES string of the molecule is CC(C)(C#CC(=O)c1ccc2nsnc2c1)O[Si](C)(C)C. The van der Waals surface area contributed by atoms with Crippen LogP contribution in [-0.2, 0) is 4.43 Å². The van der Waals surface area contributed by atoms with Crippen LogP contribution in [0.4, 0.5) is 0 Å². The van der Waals surface area contributed by atoms with Gasteiger partial charge in [-0.25, -0.2) is 0 Å². The highest BCUT2D eigenvalue weighted by Crippen LogP contribution is 2.17. The summed E-state index contributed by atoms with van der Waals surface area (Å²) in [7, 11) is -1.70. The lowest BCUT2D eigenvalue weighted by atomic mass is 10.1. The molecule has 0 radical (unpaired) electrons. The molecule has 1 heterocycles. The maximum absolute atomic E-state index is 12.2. The Morgan fingerprint density at radius 1 is 1.24 bits per heavy atom. The molecule has 2 rings (SSSR count). The summed E-state index contributed by atoms with van der Waals surface area (Å²) < 4.78 is 14.2. The van der Waals surface area contributed by atoms with Crippen LogP contribution in [0.5, 0.6) is 0 Å². The molecule has 1 aromatic heterocycles. The zero-order valence-corrected chi connectivity index (χ0v) is 14.7. The third kappa shape index (κ3) is 4.46. The van der Waals surface area contributed by atoms with Gasteiger partial charge in [-0.05, 0) is 57.6 Å². The number of benzene rings is 1.